The fraction of sp³-hybridized carbons (Fsp3) is 0.647. The van der Waals surface area contributed by atoms with Crippen molar-refractivity contribution in [2.75, 3.05) is 13.2 Å². The predicted octanol–water partition coefficient (Wildman–Crippen LogP) is 3.67. The van der Waals surface area contributed by atoms with Crippen molar-refractivity contribution in [3.63, 3.8) is 0 Å². The van der Waals surface area contributed by atoms with E-state index in [1.54, 1.807) is 12.1 Å². The van der Waals surface area contributed by atoms with Gasteiger partial charge in [0.2, 0.25) is 0 Å². The molecule has 2 nitrogen and oxygen atoms in total. The maximum atomic E-state index is 13.0. The molecule has 1 saturated carbocycles. The van der Waals surface area contributed by atoms with Crippen LogP contribution in [0.15, 0.2) is 24.3 Å². The zero-order chi connectivity index (χ0) is 14.4. The highest BCUT2D eigenvalue weighted by Gasteiger charge is 2.32. The Morgan fingerprint density at radius 2 is 1.95 bits per heavy atom. The predicted molar refractivity (Wildman–Crippen MR) is 80.0 cm³/mol. The highest BCUT2D eigenvalue weighted by Crippen LogP contribution is 2.41. The van der Waals surface area contributed by atoms with Gasteiger partial charge in [-0.15, -0.1) is 0 Å². The molecule has 1 aliphatic rings. The van der Waals surface area contributed by atoms with Gasteiger partial charge in [-0.3, -0.25) is 0 Å². The van der Waals surface area contributed by atoms with Crippen LogP contribution in [-0.2, 0) is 0 Å². The standard InChI is InChI=1S/C17H26FNO/c1-2-3-13(10-11-20)12-19-17(14-4-5-14)15-6-8-16(18)9-7-15/h6-9,13-14,17,19-20H,2-5,10-12H2,1H3. The molecule has 0 spiro atoms. The lowest BCUT2D eigenvalue weighted by atomic mass is 9.97. The Labute approximate surface area is 121 Å². The largest absolute Gasteiger partial charge is 0.396 e. The second-order valence-electron chi connectivity index (χ2n) is 5.94. The molecule has 0 heterocycles. The van der Waals surface area contributed by atoms with Gasteiger partial charge in [-0.25, -0.2) is 4.39 Å². The summed E-state index contributed by atoms with van der Waals surface area (Å²) in [6, 6.07) is 7.22. The Morgan fingerprint density at radius 1 is 1.25 bits per heavy atom. The van der Waals surface area contributed by atoms with Gasteiger partial charge in [0.05, 0.1) is 0 Å². The van der Waals surface area contributed by atoms with E-state index in [1.807, 2.05) is 12.1 Å². The third-order valence-corrected chi connectivity index (χ3v) is 4.18. The summed E-state index contributed by atoms with van der Waals surface area (Å²) in [5.74, 6) is 1.05. The summed E-state index contributed by atoms with van der Waals surface area (Å²) in [6.07, 6.45) is 5.67. The van der Waals surface area contributed by atoms with Crippen LogP contribution in [0.3, 0.4) is 0 Å². The van der Waals surface area contributed by atoms with Crippen molar-refractivity contribution in [3.8, 4) is 0 Å². The van der Waals surface area contributed by atoms with Crippen molar-refractivity contribution in [2.45, 2.75) is 45.1 Å². The molecule has 1 aromatic rings. The Bertz CT molecular complexity index is 382. The SMILES string of the molecule is CCCC(CCO)CNC(c1ccc(F)cc1)C1CC1. The van der Waals surface area contributed by atoms with Crippen LogP contribution in [0, 0.1) is 17.7 Å². The monoisotopic (exact) mass is 279 g/mol. The first-order chi connectivity index (χ1) is 9.74. The Kier molecular flexibility index (Phi) is 5.99. The van der Waals surface area contributed by atoms with Gasteiger partial charge < -0.3 is 10.4 Å². The lowest BCUT2D eigenvalue weighted by Gasteiger charge is -2.23. The van der Waals surface area contributed by atoms with Crippen LogP contribution in [0.1, 0.15) is 50.6 Å². The summed E-state index contributed by atoms with van der Waals surface area (Å²) >= 11 is 0. The van der Waals surface area contributed by atoms with Gasteiger partial charge in [-0.2, -0.15) is 0 Å². The van der Waals surface area contributed by atoms with Crippen molar-refractivity contribution in [1.29, 1.82) is 0 Å². The van der Waals surface area contributed by atoms with Crippen molar-refractivity contribution in [2.24, 2.45) is 11.8 Å². The van der Waals surface area contributed by atoms with Gasteiger partial charge in [0.15, 0.2) is 0 Å². The normalized spacial score (nSPS) is 17.9. The molecule has 0 amide bonds. The van der Waals surface area contributed by atoms with Crippen LogP contribution in [-0.4, -0.2) is 18.3 Å². The van der Waals surface area contributed by atoms with Crippen LogP contribution < -0.4 is 5.32 Å². The molecule has 0 radical (unpaired) electrons. The van der Waals surface area contributed by atoms with E-state index in [0.29, 0.717) is 17.9 Å². The number of benzene rings is 1. The highest BCUT2D eigenvalue weighted by molar-refractivity contribution is 5.22. The van der Waals surface area contributed by atoms with Gasteiger partial charge in [-0.1, -0.05) is 25.5 Å². The smallest absolute Gasteiger partial charge is 0.123 e. The molecule has 1 aromatic carbocycles. The van der Waals surface area contributed by atoms with E-state index in [4.69, 9.17) is 5.11 Å². The van der Waals surface area contributed by atoms with Crippen LogP contribution in [0.25, 0.3) is 0 Å². The van der Waals surface area contributed by atoms with Crippen LogP contribution in [0.5, 0.6) is 0 Å². The molecule has 0 bridgehead atoms. The van der Waals surface area contributed by atoms with Gasteiger partial charge >= 0.3 is 0 Å². The number of rotatable bonds is 9. The third kappa shape index (κ3) is 4.57. The summed E-state index contributed by atoms with van der Waals surface area (Å²) in [4.78, 5) is 0. The lowest BCUT2D eigenvalue weighted by molar-refractivity contribution is 0.243. The molecular formula is C17H26FNO. The molecule has 0 aromatic heterocycles. The topological polar surface area (TPSA) is 32.3 Å². The summed E-state index contributed by atoms with van der Waals surface area (Å²) in [5, 5.41) is 12.8. The summed E-state index contributed by atoms with van der Waals surface area (Å²) in [5.41, 5.74) is 1.19. The maximum absolute atomic E-state index is 13.0. The molecular weight excluding hydrogens is 253 g/mol. The molecule has 1 fully saturated rings. The third-order valence-electron chi connectivity index (χ3n) is 4.18. The number of hydrogen-bond acceptors (Lipinski definition) is 2. The molecule has 3 heteroatoms. The number of nitrogens with one attached hydrogen (secondary N) is 1. The summed E-state index contributed by atoms with van der Waals surface area (Å²) in [6.45, 7) is 3.38. The summed E-state index contributed by atoms with van der Waals surface area (Å²) < 4.78 is 13.0. The quantitative estimate of drug-likeness (QED) is 0.723. The van der Waals surface area contributed by atoms with E-state index < -0.39 is 0 Å². The molecule has 2 rings (SSSR count). The van der Waals surface area contributed by atoms with Gasteiger partial charge in [0.25, 0.3) is 0 Å². The van der Waals surface area contributed by atoms with Gasteiger partial charge in [0, 0.05) is 12.6 Å². The van der Waals surface area contributed by atoms with Gasteiger partial charge in [-0.05, 0) is 61.8 Å². The van der Waals surface area contributed by atoms with Crippen molar-refractivity contribution in [3.05, 3.63) is 35.6 Å². The number of halogens is 1. The van der Waals surface area contributed by atoms with E-state index in [1.165, 1.54) is 18.4 Å². The molecule has 2 N–H and O–H groups in total. The minimum absolute atomic E-state index is 0.174. The zero-order valence-electron chi connectivity index (χ0n) is 12.3. The minimum Gasteiger partial charge on any atom is -0.396 e. The fourth-order valence-corrected chi connectivity index (χ4v) is 2.89. The Hall–Kier alpha value is -0.930. The Morgan fingerprint density at radius 3 is 2.50 bits per heavy atom. The maximum Gasteiger partial charge on any atom is 0.123 e. The molecule has 2 unspecified atom stereocenters. The second kappa shape index (κ2) is 7.75. The first kappa shape index (κ1) is 15.5. The Balaban J connectivity index is 1.93. The summed E-state index contributed by atoms with van der Waals surface area (Å²) in [7, 11) is 0. The number of aliphatic hydroxyl groups excluding tert-OH is 1. The molecule has 20 heavy (non-hydrogen) atoms. The molecule has 2 atom stereocenters. The highest BCUT2D eigenvalue weighted by atomic mass is 19.1. The minimum atomic E-state index is -0.174. The van der Waals surface area contributed by atoms with Crippen LogP contribution in [0.4, 0.5) is 4.39 Å². The molecule has 0 aliphatic heterocycles. The van der Waals surface area contributed by atoms with Crippen molar-refractivity contribution >= 4 is 0 Å². The van der Waals surface area contributed by atoms with Crippen molar-refractivity contribution < 1.29 is 9.50 Å². The average molecular weight is 279 g/mol. The van der Waals surface area contributed by atoms with Crippen LogP contribution >= 0.6 is 0 Å². The van der Waals surface area contributed by atoms with E-state index >= 15 is 0 Å². The van der Waals surface area contributed by atoms with Crippen LogP contribution in [0.2, 0.25) is 0 Å². The average Bonchev–Trinajstić information content (AvgIpc) is 3.26. The number of hydrogen-bond donors (Lipinski definition) is 2. The fourth-order valence-electron chi connectivity index (χ4n) is 2.89. The molecule has 1 aliphatic carbocycles. The van der Waals surface area contributed by atoms with E-state index in [9.17, 15) is 4.39 Å². The first-order valence-electron chi connectivity index (χ1n) is 7.84. The van der Waals surface area contributed by atoms with Gasteiger partial charge in [0.1, 0.15) is 5.82 Å². The number of aliphatic hydroxyl groups is 1. The van der Waals surface area contributed by atoms with E-state index in [-0.39, 0.29) is 12.4 Å². The lowest BCUT2D eigenvalue weighted by Crippen LogP contribution is -2.29. The molecule has 112 valence electrons. The molecule has 0 saturated heterocycles. The first-order valence-corrected chi connectivity index (χ1v) is 7.84. The zero-order valence-corrected chi connectivity index (χ0v) is 12.3. The van der Waals surface area contributed by atoms with E-state index in [2.05, 4.69) is 12.2 Å². The van der Waals surface area contributed by atoms with E-state index in [0.717, 1.165) is 25.8 Å². The van der Waals surface area contributed by atoms with Crippen molar-refractivity contribution in [1.82, 2.24) is 5.32 Å². The second-order valence-corrected chi connectivity index (χ2v) is 5.94.